The van der Waals surface area contributed by atoms with E-state index in [4.69, 9.17) is 20.9 Å². The predicted octanol–water partition coefficient (Wildman–Crippen LogP) is 2.30. The predicted molar refractivity (Wildman–Crippen MR) is 46.3 cm³/mol. The lowest BCUT2D eigenvalue weighted by Crippen LogP contribution is -2.25. The zero-order chi connectivity index (χ0) is 9.19. The van der Waals surface area contributed by atoms with E-state index in [1.54, 1.807) is 13.2 Å². The molecule has 0 N–H and O–H groups in total. The third kappa shape index (κ3) is 2.50. The molecule has 0 aliphatic rings. The summed E-state index contributed by atoms with van der Waals surface area (Å²) in [5, 5.41) is 4.08. The van der Waals surface area contributed by atoms with E-state index in [1.165, 1.54) is 0 Å². The number of methoxy groups -OCH3 is 1. The highest BCUT2D eigenvalue weighted by Gasteiger charge is 2.19. The van der Waals surface area contributed by atoms with Gasteiger partial charge in [-0.05, 0) is 25.4 Å². The van der Waals surface area contributed by atoms with Gasteiger partial charge in [0, 0.05) is 19.6 Å². The van der Waals surface area contributed by atoms with Crippen molar-refractivity contribution in [3.05, 3.63) is 17.0 Å². The Balaban J connectivity index is 2.63. The lowest BCUT2D eigenvalue weighted by Gasteiger charge is -2.20. The van der Waals surface area contributed by atoms with Gasteiger partial charge in [0.2, 0.25) is 5.22 Å². The van der Waals surface area contributed by atoms with Crippen molar-refractivity contribution in [2.75, 3.05) is 7.11 Å². The quantitative estimate of drug-likeness (QED) is 0.732. The maximum absolute atomic E-state index is 5.56. The highest BCUT2D eigenvalue weighted by molar-refractivity contribution is 6.28. The van der Waals surface area contributed by atoms with Crippen LogP contribution in [0.25, 0.3) is 0 Å². The van der Waals surface area contributed by atoms with Crippen LogP contribution < -0.4 is 0 Å². The molecule has 0 spiro atoms. The Kier molecular flexibility index (Phi) is 2.75. The smallest absolute Gasteiger partial charge is 0.226 e. The number of halogens is 1. The van der Waals surface area contributed by atoms with E-state index in [0.29, 0.717) is 11.6 Å². The highest BCUT2D eigenvalue weighted by Crippen LogP contribution is 2.17. The Morgan fingerprint density at radius 1 is 1.67 bits per heavy atom. The SMILES string of the molecule is COC(C)(C)Cc1cc(Cl)on1. The molecule has 1 rings (SSSR count). The van der Waals surface area contributed by atoms with E-state index in [9.17, 15) is 0 Å². The summed E-state index contributed by atoms with van der Waals surface area (Å²) in [6.45, 7) is 3.96. The lowest BCUT2D eigenvalue weighted by atomic mass is 10.0. The molecule has 4 heteroatoms. The first-order valence-corrected chi connectivity index (χ1v) is 4.07. The summed E-state index contributed by atoms with van der Waals surface area (Å²) in [4.78, 5) is 0. The first-order valence-electron chi connectivity index (χ1n) is 3.70. The fourth-order valence-electron chi connectivity index (χ4n) is 0.878. The molecule has 0 saturated carbocycles. The van der Waals surface area contributed by atoms with Crippen LogP contribution in [-0.4, -0.2) is 17.9 Å². The molecule has 1 aromatic heterocycles. The maximum Gasteiger partial charge on any atom is 0.226 e. The average molecular weight is 190 g/mol. The van der Waals surface area contributed by atoms with Crippen LogP contribution in [0.5, 0.6) is 0 Å². The number of rotatable bonds is 3. The molecule has 0 bridgehead atoms. The summed E-state index contributed by atoms with van der Waals surface area (Å²) < 4.78 is 9.94. The summed E-state index contributed by atoms with van der Waals surface area (Å²) in [6.07, 6.45) is 0.694. The number of hydrogen-bond acceptors (Lipinski definition) is 3. The van der Waals surface area contributed by atoms with Gasteiger partial charge in [-0.3, -0.25) is 0 Å². The first kappa shape index (κ1) is 9.55. The molecule has 0 amide bonds. The van der Waals surface area contributed by atoms with Gasteiger partial charge in [0.15, 0.2) is 0 Å². The summed E-state index contributed by atoms with van der Waals surface area (Å²) in [5.41, 5.74) is 0.590. The molecule has 0 aromatic carbocycles. The minimum atomic E-state index is -0.222. The van der Waals surface area contributed by atoms with Gasteiger partial charge in [-0.25, -0.2) is 0 Å². The zero-order valence-corrected chi connectivity index (χ0v) is 8.18. The molecule has 0 saturated heterocycles. The molecule has 1 heterocycles. The van der Waals surface area contributed by atoms with E-state index in [-0.39, 0.29) is 5.60 Å². The first-order chi connectivity index (χ1) is 5.53. The van der Waals surface area contributed by atoms with Crippen molar-refractivity contribution in [1.82, 2.24) is 5.16 Å². The molecule has 0 atom stereocenters. The molecule has 3 nitrogen and oxygen atoms in total. The molecule has 0 radical (unpaired) electrons. The largest absolute Gasteiger partial charge is 0.378 e. The highest BCUT2D eigenvalue weighted by atomic mass is 35.5. The normalized spacial score (nSPS) is 12.0. The summed E-state index contributed by atoms with van der Waals surface area (Å²) >= 11 is 5.56. The van der Waals surface area contributed by atoms with Gasteiger partial charge in [-0.2, -0.15) is 0 Å². The van der Waals surface area contributed by atoms with Gasteiger partial charge >= 0.3 is 0 Å². The van der Waals surface area contributed by atoms with Crippen molar-refractivity contribution in [2.24, 2.45) is 0 Å². The zero-order valence-electron chi connectivity index (χ0n) is 7.43. The minimum absolute atomic E-state index is 0.222. The molecule has 0 fully saturated rings. The van der Waals surface area contributed by atoms with Crippen LogP contribution in [0.2, 0.25) is 5.22 Å². The monoisotopic (exact) mass is 189 g/mol. The van der Waals surface area contributed by atoms with Gasteiger partial charge < -0.3 is 9.26 Å². The van der Waals surface area contributed by atoms with Crippen LogP contribution >= 0.6 is 11.6 Å². The number of hydrogen-bond donors (Lipinski definition) is 0. The third-order valence-electron chi connectivity index (χ3n) is 1.69. The fraction of sp³-hybridized carbons (Fsp3) is 0.625. The van der Waals surface area contributed by atoms with Crippen molar-refractivity contribution < 1.29 is 9.26 Å². The van der Waals surface area contributed by atoms with Gasteiger partial charge in [0.25, 0.3) is 0 Å². The number of ether oxygens (including phenoxy) is 1. The van der Waals surface area contributed by atoms with Crippen LogP contribution in [-0.2, 0) is 11.2 Å². The Morgan fingerprint density at radius 3 is 2.75 bits per heavy atom. The van der Waals surface area contributed by atoms with E-state index in [2.05, 4.69) is 5.16 Å². The number of nitrogens with zero attached hydrogens (tertiary/aromatic N) is 1. The fourth-order valence-corrected chi connectivity index (χ4v) is 1.04. The van der Waals surface area contributed by atoms with Crippen LogP contribution in [0, 0.1) is 0 Å². The Bertz CT molecular complexity index is 257. The lowest BCUT2D eigenvalue weighted by molar-refractivity contribution is 0.0218. The summed E-state index contributed by atoms with van der Waals surface area (Å²) in [7, 11) is 1.67. The van der Waals surface area contributed by atoms with E-state index < -0.39 is 0 Å². The third-order valence-corrected chi connectivity index (χ3v) is 1.87. The standard InChI is InChI=1S/C8H12ClNO2/c1-8(2,11-3)5-6-4-7(9)12-10-6/h4H,5H2,1-3H3. The Labute approximate surface area is 76.6 Å². The van der Waals surface area contributed by atoms with Crippen LogP contribution in [0.4, 0.5) is 0 Å². The summed E-state index contributed by atoms with van der Waals surface area (Å²) in [6, 6.07) is 1.70. The molecule has 68 valence electrons. The van der Waals surface area contributed by atoms with E-state index in [0.717, 1.165) is 5.69 Å². The Morgan fingerprint density at radius 2 is 2.33 bits per heavy atom. The van der Waals surface area contributed by atoms with Crippen molar-refractivity contribution in [3.8, 4) is 0 Å². The molecule has 0 aliphatic carbocycles. The van der Waals surface area contributed by atoms with Crippen molar-refractivity contribution in [3.63, 3.8) is 0 Å². The number of aromatic nitrogens is 1. The van der Waals surface area contributed by atoms with E-state index >= 15 is 0 Å². The van der Waals surface area contributed by atoms with Crippen molar-refractivity contribution in [1.29, 1.82) is 0 Å². The molecule has 0 unspecified atom stereocenters. The van der Waals surface area contributed by atoms with E-state index in [1.807, 2.05) is 13.8 Å². The van der Waals surface area contributed by atoms with Crippen molar-refractivity contribution in [2.45, 2.75) is 25.9 Å². The topological polar surface area (TPSA) is 35.3 Å². The summed E-state index contributed by atoms with van der Waals surface area (Å²) in [5.74, 6) is 0. The Hall–Kier alpha value is -0.540. The van der Waals surface area contributed by atoms with Crippen LogP contribution in [0.15, 0.2) is 10.6 Å². The molecular formula is C8H12ClNO2. The van der Waals surface area contributed by atoms with Gasteiger partial charge in [-0.15, -0.1) is 0 Å². The maximum atomic E-state index is 5.56. The van der Waals surface area contributed by atoms with Gasteiger partial charge in [-0.1, -0.05) is 5.16 Å². The molecule has 12 heavy (non-hydrogen) atoms. The second-order valence-corrected chi connectivity index (χ2v) is 3.64. The minimum Gasteiger partial charge on any atom is -0.378 e. The molecule has 1 aromatic rings. The van der Waals surface area contributed by atoms with Crippen LogP contribution in [0.3, 0.4) is 0 Å². The average Bonchev–Trinajstić information content (AvgIpc) is 2.35. The second kappa shape index (κ2) is 3.46. The second-order valence-electron chi connectivity index (χ2n) is 3.26. The molecular weight excluding hydrogens is 178 g/mol. The van der Waals surface area contributed by atoms with Gasteiger partial charge in [0.05, 0.1) is 11.3 Å². The van der Waals surface area contributed by atoms with Gasteiger partial charge in [0.1, 0.15) is 0 Å². The van der Waals surface area contributed by atoms with Crippen LogP contribution in [0.1, 0.15) is 19.5 Å². The van der Waals surface area contributed by atoms with Crippen molar-refractivity contribution >= 4 is 11.6 Å². The molecule has 0 aliphatic heterocycles.